The number of hydrogen-bond donors (Lipinski definition) is 2. The molecule has 1 amide bonds. The van der Waals surface area contributed by atoms with Crippen molar-refractivity contribution in [3.63, 3.8) is 0 Å². The number of rotatable bonds is 8. The zero-order valence-electron chi connectivity index (χ0n) is 24.7. The second-order valence-corrected chi connectivity index (χ2v) is 10.2. The number of benzene rings is 4. The van der Waals surface area contributed by atoms with Gasteiger partial charge in [0.15, 0.2) is 0 Å². The van der Waals surface area contributed by atoms with E-state index in [1.165, 1.54) is 11.1 Å². The fourth-order valence-electron chi connectivity index (χ4n) is 4.13. The number of aryl methyl sites for hydroxylation is 1. The van der Waals surface area contributed by atoms with E-state index in [1.54, 1.807) is 0 Å². The van der Waals surface area contributed by atoms with Crippen molar-refractivity contribution in [1.82, 2.24) is 5.32 Å². The van der Waals surface area contributed by atoms with Crippen molar-refractivity contribution in [3.8, 4) is 5.75 Å². The summed E-state index contributed by atoms with van der Waals surface area (Å²) in [7, 11) is 0. The van der Waals surface area contributed by atoms with E-state index in [0.29, 0.717) is 30.8 Å². The fraction of sp³-hybridized carbons (Fsp3) is 0.219. The highest BCUT2D eigenvalue weighted by Crippen LogP contribution is 2.37. The zero-order chi connectivity index (χ0) is 36.9. The molecule has 264 valence electrons. The monoisotopic (exact) mass is 714 g/mol. The molecule has 1 atom stereocenters. The van der Waals surface area contributed by atoms with Gasteiger partial charge in [0.2, 0.25) is 0 Å². The van der Waals surface area contributed by atoms with E-state index in [-0.39, 0.29) is 30.3 Å². The fourth-order valence-corrected chi connectivity index (χ4v) is 4.13. The Morgan fingerprint density at radius 1 is 0.735 bits per heavy atom. The SMILES string of the molecule is Cc1ccc(CN)cc1.O=C(N[C@@H](c1cc(F)cc(OC(F)(F)C(F)F)c1)c1ccc(F)c(C(F)(F)F)c1)c1ccc(F)c(C(F)(F)F)c1. The van der Waals surface area contributed by atoms with Gasteiger partial charge in [0.05, 0.1) is 17.2 Å². The van der Waals surface area contributed by atoms with E-state index in [4.69, 9.17) is 5.73 Å². The first-order valence-electron chi connectivity index (χ1n) is 13.6. The molecule has 0 bridgehead atoms. The number of nitrogens with one attached hydrogen (secondary N) is 1. The highest BCUT2D eigenvalue weighted by Gasteiger charge is 2.44. The quantitative estimate of drug-likeness (QED) is 0.179. The zero-order valence-corrected chi connectivity index (χ0v) is 24.7. The number of ether oxygens (including phenoxy) is 1. The van der Waals surface area contributed by atoms with Gasteiger partial charge in [0.1, 0.15) is 23.2 Å². The van der Waals surface area contributed by atoms with Gasteiger partial charge in [-0.3, -0.25) is 4.79 Å². The predicted molar refractivity (Wildman–Crippen MR) is 149 cm³/mol. The Labute approximate surface area is 269 Å². The van der Waals surface area contributed by atoms with Crippen molar-refractivity contribution >= 4 is 5.91 Å². The van der Waals surface area contributed by atoms with E-state index < -0.39 is 87.9 Å². The minimum atomic E-state index is -5.32. The molecule has 0 heterocycles. The number of carbonyl (C=O) groups is 1. The first kappa shape index (κ1) is 38.6. The molecule has 4 aromatic rings. The van der Waals surface area contributed by atoms with Gasteiger partial charge in [-0.25, -0.2) is 13.2 Å². The molecule has 0 saturated carbocycles. The van der Waals surface area contributed by atoms with Gasteiger partial charge in [-0.05, 0) is 66.1 Å². The number of hydrogen-bond acceptors (Lipinski definition) is 3. The van der Waals surface area contributed by atoms with Crippen LogP contribution in [-0.2, 0) is 18.9 Å². The van der Waals surface area contributed by atoms with Crippen LogP contribution in [-0.4, -0.2) is 18.4 Å². The number of carbonyl (C=O) groups excluding carboxylic acids is 1. The number of halogens is 13. The predicted octanol–water partition coefficient (Wildman–Crippen LogP) is 9.35. The smallest absolute Gasteiger partial charge is 0.428 e. The minimum Gasteiger partial charge on any atom is -0.428 e. The Bertz CT molecular complexity index is 1760. The van der Waals surface area contributed by atoms with E-state index in [0.717, 1.165) is 0 Å². The van der Waals surface area contributed by atoms with E-state index in [9.17, 15) is 61.9 Å². The van der Waals surface area contributed by atoms with Crippen LogP contribution in [0.2, 0.25) is 0 Å². The van der Waals surface area contributed by atoms with E-state index >= 15 is 0 Å². The van der Waals surface area contributed by atoms with Crippen LogP contribution >= 0.6 is 0 Å². The van der Waals surface area contributed by atoms with Crippen molar-refractivity contribution in [2.45, 2.75) is 44.4 Å². The molecule has 4 nitrogen and oxygen atoms in total. The molecular formula is C32H23F13N2O2. The van der Waals surface area contributed by atoms with Crippen LogP contribution in [0.15, 0.2) is 78.9 Å². The highest BCUT2D eigenvalue weighted by atomic mass is 19.4. The van der Waals surface area contributed by atoms with Crippen LogP contribution in [0.4, 0.5) is 57.1 Å². The lowest BCUT2D eigenvalue weighted by Gasteiger charge is -2.23. The molecule has 0 fully saturated rings. The molecule has 49 heavy (non-hydrogen) atoms. The van der Waals surface area contributed by atoms with Crippen LogP contribution in [0.25, 0.3) is 0 Å². The Kier molecular flexibility index (Phi) is 12.0. The van der Waals surface area contributed by atoms with Crippen molar-refractivity contribution in [2.75, 3.05) is 0 Å². The van der Waals surface area contributed by atoms with Gasteiger partial charge in [-0.2, -0.15) is 43.9 Å². The molecule has 0 aliphatic carbocycles. The number of nitrogens with two attached hydrogens (primary N) is 1. The highest BCUT2D eigenvalue weighted by molar-refractivity contribution is 5.95. The minimum absolute atomic E-state index is 0.0524. The van der Waals surface area contributed by atoms with Gasteiger partial charge >= 0.3 is 24.9 Å². The average molecular weight is 715 g/mol. The Morgan fingerprint density at radius 2 is 1.29 bits per heavy atom. The average Bonchev–Trinajstić information content (AvgIpc) is 2.99. The molecule has 4 aromatic carbocycles. The standard InChI is InChI=1S/C24H12F13NO2.C8H11N/c25-13-5-12(6-14(9-13)40-24(36,37)21(28)29)19(10-1-3-17(26)15(7-10)22(30,31)32)38-20(39)11-2-4-18(27)16(8-11)23(33,34)35;1-7-2-4-8(6-9)5-3-7/h1-9,19,21H,(H,38,39);2-5H,6,9H2,1H3/t19-;/m1./s1. The topological polar surface area (TPSA) is 64.4 Å². The summed E-state index contributed by atoms with van der Waals surface area (Å²) in [4.78, 5) is 12.8. The Balaban J connectivity index is 0.000000624. The summed E-state index contributed by atoms with van der Waals surface area (Å²) >= 11 is 0. The maximum atomic E-state index is 14.3. The summed E-state index contributed by atoms with van der Waals surface area (Å²) in [5.41, 5.74) is 1.76. The first-order valence-corrected chi connectivity index (χ1v) is 13.6. The molecule has 0 saturated heterocycles. The summed E-state index contributed by atoms with van der Waals surface area (Å²) in [5, 5.41) is 1.93. The lowest BCUT2D eigenvalue weighted by Crippen LogP contribution is -2.33. The van der Waals surface area contributed by atoms with Gasteiger partial charge in [0, 0.05) is 18.2 Å². The summed E-state index contributed by atoms with van der Waals surface area (Å²) in [6, 6.07) is 9.18. The van der Waals surface area contributed by atoms with Crippen molar-refractivity contribution < 1.29 is 66.6 Å². The normalized spacial score (nSPS) is 12.7. The third-order valence-corrected chi connectivity index (χ3v) is 6.53. The maximum absolute atomic E-state index is 14.3. The van der Waals surface area contributed by atoms with Crippen LogP contribution in [0.1, 0.15) is 49.8 Å². The lowest BCUT2D eigenvalue weighted by molar-refractivity contribution is -0.253. The van der Waals surface area contributed by atoms with Crippen LogP contribution in [0.3, 0.4) is 0 Å². The summed E-state index contributed by atoms with van der Waals surface area (Å²) in [5.74, 6) is -7.84. The molecule has 3 N–H and O–H groups in total. The van der Waals surface area contributed by atoms with Crippen molar-refractivity contribution in [1.29, 1.82) is 0 Å². The summed E-state index contributed by atoms with van der Waals surface area (Å²) in [6.45, 7) is 2.71. The summed E-state index contributed by atoms with van der Waals surface area (Å²) < 4.78 is 177. The van der Waals surface area contributed by atoms with Crippen LogP contribution in [0.5, 0.6) is 5.75 Å². The molecule has 0 unspecified atom stereocenters. The molecule has 0 aliphatic rings. The second-order valence-electron chi connectivity index (χ2n) is 10.2. The first-order chi connectivity index (χ1) is 22.6. The largest absolute Gasteiger partial charge is 0.461 e. The molecule has 17 heteroatoms. The molecular weight excluding hydrogens is 691 g/mol. The molecule has 0 aromatic heterocycles. The Hall–Kier alpha value is -4.80. The second kappa shape index (κ2) is 15.2. The Morgan fingerprint density at radius 3 is 1.82 bits per heavy atom. The maximum Gasteiger partial charge on any atom is 0.461 e. The van der Waals surface area contributed by atoms with Gasteiger partial charge in [-0.15, -0.1) is 0 Å². The third-order valence-electron chi connectivity index (χ3n) is 6.53. The van der Waals surface area contributed by atoms with E-state index in [2.05, 4.69) is 35.9 Å². The van der Waals surface area contributed by atoms with Crippen LogP contribution < -0.4 is 15.8 Å². The molecule has 4 rings (SSSR count). The molecule has 0 aliphatic heterocycles. The van der Waals surface area contributed by atoms with E-state index in [1.807, 2.05) is 5.32 Å². The summed E-state index contributed by atoms with van der Waals surface area (Å²) in [6.07, 6.45) is -20.2. The van der Waals surface area contributed by atoms with Crippen molar-refractivity contribution in [2.24, 2.45) is 5.73 Å². The van der Waals surface area contributed by atoms with Gasteiger partial charge < -0.3 is 15.8 Å². The third kappa shape index (κ3) is 10.3. The van der Waals surface area contributed by atoms with Crippen molar-refractivity contribution in [3.05, 3.63) is 135 Å². The lowest BCUT2D eigenvalue weighted by atomic mass is 9.95. The molecule has 0 spiro atoms. The number of alkyl halides is 10. The number of amides is 1. The van der Waals surface area contributed by atoms with Crippen LogP contribution in [0, 0.1) is 24.4 Å². The van der Waals surface area contributed by atoms with Gasteiger partial charge in [-0.1, -0.05) is 35.9 Å². The van der Waals surface area contributed by atoms with Gasteiger partial charge in [0.25, 0.3) is 5.91 Å². The molecule has 0 radical (unpaired) electrons.